The maximum Gasteiger partial charge on any atom is 0.288 e. The molecule has 10 heteroatoms. The number of aryl methyl sites for hydroxylation is 1. The monoisotopic (exact) mass is 423 g/mol. The summed E-state index contributed by atoms with van der Waals surface area (Å²) in [6, 6.07) is 9.67. The molecule has 0 unspecified atom stereocenters. The number of piperidine rings is 1. The van der Waals surface area contributed by atoms with Crippen molar-refractivity contribution in [2.45, 2.75) is 32.9 Å². The lowest BCUT2D eigenvalue weighted by molar-refractivity contribution is 0.170. The number of aromatic nitrogens is 6. The van der Waals surface area contributed by atoms with Crippen LogP contribution in [0.1, 0.15) is 25.0 Å². The Bertz CT molecular complexity index is 1200. The number of para-hydroxylation sites is 1. The maximum atomic E-state index is 5.82. The molecule has 30 heavy (non-hydrogen) atoms. The summed E-state index contributed by atoms with van der Waals surface area (Å²) in [6.45, 7) is 4.52. The van der Waals surface area contributed by atoms with E-state index in [9.17, 15) is 0 Å². The minimum Gasteiger partial charge on any atom is -0.409 e. The van der Waals surface area contributed by atoms with E-state index in [0.717, 1.165) is 18.8 Å². The van der Waals surface area contributed by atoms with E-state index in [0.29, 0.717) is 40.1 Å². The molecule has 0 radical (unpaired) electrons. The van der Waals surface area contributed by atoms with Crippen LogP contribution >= 0.6 is 12.2 Å². The Labute approximate surface area is 177 Å². The molecule has 0 atom stereocenters. The van der Waals surface area contributed by atoms with Gasteiger partial charge < -0.3 is 8.94 Å². The van der Waals surface area contributed by atoms with Crippen molar-refractivity contribution in [3.05, 3.63) is 47.1 Å². The topological polar surface area (TPSA) is 90.9 Å². The summed E-state index contributed by atoms with van der Waals surface area (Å²) in [5, 5.41) is 17.7. The van der Waals surface area contributed by atoms with Crippen molar-refractivity contribution in [1.82, 2.24) is 34.8 Å². The zero-order valence-electron chi connectivity index (χ0n) is 16.6. The van der Waals surface area contributed by atoms with Crippen molar-refractivity contribution in [2.75, 3.05) is 13.1 Å². The van der Waals surface area contributed by atoms with Crippen LogP contribution in [0.5, 0.6) is 0 Å². The number of likely N-dealkylation sites (tertiary alicyclic amines) is 1. The summed E-state index contributed by atoms with van der Waals surface area (Å²) in [7, 11) is 0. The minimum absolute atomic E-state index is 0.329. The van der Waals surface area contributed by atoms with Crippen LogP contribution in [0.4, 0.5) is 0 Å². The van der Waals surface area contributed by atoms with E-state index < -0.39 is 0 Å². The molecule has 9 nitrogen and oxygen atoms in total. The Morgan fingerprint density at radius 1 is 1.07 bits per heavy atom. The molecule has 1 fully saturated rings. The van der Waals surface area contributed by atoms with Gasteiger partial charge in [-0.1, -0.05) is 29.8 Å². The highest BCUT2D eigenvalue weighted by Gasteiger charge is 2.24. The number of hydrogen-bond donors (Lipinski definition) is 0. The molecule has 3 aromatic heterocycles. The molecule has 0 bridgehead atoms. The van der Waals surface area contributed by atoms with Crippen LogP contribution < -0.4 is 0 Å². The normalized spacial score (nSPS) is 15.0. The van der Waals surface area contributed by atoms with Crippen molar-refractivity contribution in [3.63, 3.8) is 0 Å². The summed E-state index contributed by atoms with van der Waals surface area (Å²) in [5.41, 5.74) is 2.58. The Morgan fingerprint density at radius 2 is 1.87 bits per heavy atom. The predicted molar refractivity (Wildman–Crippen MR) is 111 cm³/mol. The molecule has 4 heterocycles. The molecule has 1 aliphatic rings. The van der Waals surface area contributed by atoms with Gasteiger partial charge in [-0.3, -0.25) is 4.90 Å². The van der Waals surface area contributed by atoms with E-state index in [1.165, 1.54) is 19.3 Å². The van der Waals surface area contributed by atoms with Gasteiger partial charge in [-0.25, -0.2) is 4.68 Å². The summed E-state index contributed by atoms with van der Waals surface area (Å²) < 4.78 is 13.0. The lowest BCUT2D eigenvalue weighted by Crippen LogP contribution is -2.32. The van der Waals surface area contributed by atoms with E-state index in [1.807, 2.05) is 37.3 Å². The third kappa shape index (κ3) is 3.59. The third-order valence-corrected chi connectivity index (χ3v) is 5.48. The van der Waals surface area contributed by atoms with Gasteiger partial charge >= 0.3 is 0 Å². The largest absolute Gasteiger partial charge is 0.409 e. The van der Waals surface area contributed by atoms with Crippen LogP contribution in [-0.4, -0.2) is 47.9 Å². The first-order chi connectivity index (χ1) is 14.7. The first kappa shape index (κ1) is 18.9. The highest BCUT2D eigenvalue weighted by atomic mass is 32.1. The minimum atomic E-state index is 0.329. The Balaban J connectivity index is 1.47. The van der Waals surface area contributed by atoms with Gasteiger partial charge in [0.2, 0.25) is 0 Å². The maximum absolute atomic E-state index is 5.82. The average Bonchev–Trinajstić information content (AvgIpc) is 3.48. The lowest BCUT2D eigenvalue weighted by Gasteiger charge is -2.25. The SMILES string of the molecule is Cc1onc(-c2cnn(-c3ccccc3)n2)c1-c1nn(CN2CCCCC2)c(=S)o1. The molecule has 1 aromatic carbocycles. The number of nitrogens with zero attached hydrogens (tertiary/aromatic N) is 7. The molecule has 0 amide bonds. The molecular formula is C20H21N7O2S. The van der Waals surface area contributed by atoms with E-state index in [-0.39, 0.29) is 0 Å². The molecule has 4 aromatic rings. The van der Waals surface area contributed by atoms with Crippen LogP contribution in [0.25, 0.3) is 28.5 Å². The van der Waals surface area contributed by atoms with E-state index >= 15 is 0 Å². The molecule has 0 spiro atoms. The summed E-state index contributed by atoms with van der Waals surface area (Å²) in [4.78, 5) is 4.21. The van der Waals surface area contributed by atoms with Gasteiger partial charge in [0.15, 0.2) is 0 Å². The molecule has 0 saturated carbocycles. The molecule has 1 aliphatic heterocycles. The van der Waals surface area contributed by atoms with Crippen molar-refractivity contribution in [2.24, 2.45) is 0 Å². The van der Waals surface area contributed by atoms with E-state index in [2.05, 4.69) is 25.4 Å². The first-order valence-electron chi connectivity index (χ1n) is 9.94. The Hall–Kier alpha value is -3.11. The van der Waals surface area contributed by atoms with Gasteiger partial charge in [0, 0.05) is 0 Å². The fraction of sp³-hybridized carbons (Fsp3) is 0.350. The summed E-state index contributed by atoms with van der Waals surface area (Å²) in [6.07, 6.45) is 5.32. The summed E-state index contributed by atoms with van der Waals surface area (Å²) >= 11 is 5.41. The third-order valence-electron chi connectivity index (χ3n) is 5.19. The number of rotatable bonds is 5. The Morgan fingerprint density at radius 3 is 2.67 bits per heavy atom. The molecular weight excluding hydrogens is 402 g/mol. The van der Waals surface area contributed by atoms with Gasteiger partial charge in [0.1, 0.15) is 22.7 Å². The smallest absolute Gasteiger partial charge is 0.288 e. The van der Waals surface area contributed by atoms with Crippen molar-refractivity contribution in [1.29, 1.82) is 0 Å². The molecule has 0 N–H and O–H groups in total. The second-order valence-corrected chi connectivity index (χ2v) is 7.66. The van der Waals surface area contributed by atoms with Crippen molar-refractivity contribution in [3.8, 4) is 28.5 Å². The van der Waals surface area contributed by atoms with E-state index in [1.54, 1.807) is 15.7 Å². The fourth-order valence-corrected chi connectivity index (χ4v) is 3.82. The zero-order chi connectivity index (χ0) is 20.5. The summed E-state index contributed by atoms with van der Waals surface area (Å²) in [5.74, 6) is 0.959. The second kappa shape index (κ2) is 7.96. The van der Waals surface area contributed by atoms with Crippen LogP contribution in [0.2, 0.25) is 0 Å². The van der Waals surface area contributed by atoms with Crippen molar-refractivity contribution < 1.29 is 8.94 Å². The van der Waals surface area contributed by atoms with Crippen LogP contribution in [0, 0.1) is 11.8 Å². The second-order valence-electron chi connectivity index (χ2n) is 7.31. The van der Waals surface area contributed by atoms with Gasteiger partial charge in [0.05, 0.1) is 18.6 Å². The molecule has 1 saturated heterocycles. The van der Waals surface area contributed by atoms with Gasteiger partial charge in [-0.05, 0) is 57.2 Å². The highest BCUT2D eigenvalue weighted by molar-refractivity contribution is 7.71. The highest BCUT2D eigenvalue weighted by Crippen LogP contribution is 2.32. The molecule has 5 rings (SSSR count). The van der Waals surface area contributed by atoms with Gasteiger partial charge in [0.25, 0.3) is 10.7 Å². The van der Waals surface area contributed by atoms with Gasteiger partial charge in [-0.15, -0.1) is 10.2 Å². The van der Waals surface area contributed by atoms with Crippen LogP contribution in [0.3, 0.4) is 0 Å². The number of benzene rings is 1. The standard InChI is InChI=1S/C20H21N7O2S/c1-14-17(19-23-26(20(30)28-19)13-25-10-6-3-7-11-25)18(24-29-14)16-12-21-27(22-16)15-8-4-2-5-9-15/h2,4-5,8-9,12H,3,6-7,10-11,13H2,1H3. The van der Waals surface area contributed by atoms with Gasteiger partial charge in [-0.2, -0.15) is 9.90 Å². The fourth-order valence-electron chi connectivity index (χ4n) is 3.64. The lowest BCUT2D eigenvalue weighted by atomic mass is 10.1. The molecule has 0 aliphatic carbocycles. The van der Waals surface area contributed by atoms with Crippen LogP contribution in [0.15, 0.2) is 45.5 Å². The number of hydrogen-bond acceptors (Lipinski definition) is 8. The zero-order valence-corrected chi connectivity index (χ0v) is 17.4. The average molecular weight is 424 g/mol. The Kier molecular flexibility index (Phi) is 5.01. The first-order valence-corrected chi connectivity index (χ1v) is 10.3. The van der Waals surface area contributed by atoms with E-state index in [4.69, 9.17) is 21.2 Å². The predicted octanol–water partition coefficient (Wildman–Crippen LogP) is 3.86. The van der Waals surface area contributed by atoms with Crippen molar-refractivity contribution >= 4 is 12.2 Å². The van der Waals surface area contributed by atoms with Crippen LogP contribution in [-0.2, 0) is 6.67 Å². The molecule has 154 valence electrons. The quantitative estimate of drug-likeness (QED) is 0.447.